The number of amides is 1. The molecule has 1 fully saturated rings. The highest BCUT2D eigenvalue weighted by atomic mass is 19.1. The lowest BCUT2D eigenvalue weighted by molar-refractivity contribution is -0.385. The largest absolute Gasteiger partial charge is 0.496 e. The number of halogens is 1. The van der Waals surface area contributed by atoms with E-state index in [1.54, 1.807) is 31.4 Å². The van der Waals surface area contributed by atoms with Gasteiger partial charge in [-0.1, -0.05) is 20.8 Å². The first-order chi connectivity index (χ1) is 15.5. The van der Waals surface area contributed by atoms with Crippen LogP contribution in [0.4, 0.5) is 15.8 Å². The molecule has 0 bridgehead atoms. The number of hydrogen-bond donors (Lipinski definition) is 0. The summed E-state index contributed by atoms with van der Waals surface area (Å²) >= 11 is 0. The van der Waals surface area contributed by atoms with E-state index in [-0.39, 0.29) is 22.8 Å². The first-order valence-corrected chi connectivity index (χ1v) is 11.2. The number of nitro groups is 1. The average Bonchev–Trinajstić information content (AvgIpc) is 3.07. The predicted molar refractivity (Wildman–Crippen MR) is 124 cm³/mol. The highest BCUT2D eigenvalue weighted by Gasteiger charge is 2.48. The molecular weight excluding hydrogens is 425 g/mol. The van der Waals surface area contributed by atoms with Crippen molar-refractivity contribution in [2.24, 2.45) is 5.41 Å². The maximum atomic E-state index is 14.2. The van der Waals surface area contributed by atoms with Gasteiger partial charge in [0.05, 0.1) is 12.0 Å². The number of anilines is 1. The predicted octanol–water partition coefficient (Wildman–Crippen LogP) is 4.67. The standard InChI is InChI=1S/C25H30FN3O4/c1-24(2,3)23(30)28-16-25(20-14-18(26)5-7-21(20)28)9-11-27(12-10-25)15-17-13-19(29(31)32)6-8-22(17)33-4/h5-8,13-14H,9-12,15-16H2,1-4H3. The Hall–Kier alpha value is -3.00. The van der Waals surface area contributed by atoms with Crippen molar-refractivity contribution in [3.05, 3.63) is 63.5 Å². The van der Waals surface area contributed by atoms with Crippen LogP contribution in [0.1, 0.15) is 44.7 Å². The number of nitrogens with zero attached hydrogens (tertiary/aromatic N) is 3. The van der Waals surface area contributed by atoms with Gasteiger partial charge in [-0.2, -0.15) is 0 Å². The Balaban J connectivity index is 1.56. The van der Waals surface area contributed by atoms with E-state index in [4.69, 9.17) is 4.74 Å². The Morgan fingerprint density at radius 1 is 1.18 bits per heavy atom. The van der Waals surface area contributed by atoms with Gasteiger partial charge in [0.25, 0.3) is 5.69 Å². The summed E-state index contributed by atoms with van der Waals surface area (Å²) in [5.74, 6) is 0.369. The van der Waals surface area contributed by atoms with Crippen LogP contribution in [0, 0.1) is 21.3 Å². The van der Waals surface area contributed by atoms with Gasteiger partial charge in [0.2, 0.25) is 5.91 Å². The molecule has 4 rings (SSSR count). The fourth-order valence-electron chi connectivity index (χ4n) is 5.04. The van der Waals surface area contributed by atoms with Crippen molar-refractivity contribution in [2.75, 3.05) is 31.6 Å². The number of likely N-dealkylation sites (tertiary alicyclic amines) is 1. The maximum absolute atomic E-state index is 14.2. The third-order valence-corrected chi connectivity index (χ3v) is 6.85. The van der Waals surface area contributed by atoms with E-state index in [2.05, 4.69) is 4.90 Å². The van der Waals surface area contributed by atoms with Crippen LogP contribution in [-0.4, -0.2) is 42.5 Å². The van der Waals surface area contributed by atoms with Crippen molar-refractivity contribution in [1.29, 1.82) is 0 Å². The molecular formula is C25H30FN3O4. The highest BCUT2D eigenvalue weighted by molar-refractivity contribution is 5.99. The van der Waals surface area contributed by atoms with Gasteiger partial charge < -0.3 is 9.64 Å². The summed E-state index contributed by atoms with van der Waals surface area (Å²) in [6.07, 6.45) is 1.54. The smallest absolute Gasteiger partial charge is 0.270 e. The summed E-state index contributed by atoms with van der Waals surface area (Å²) in [5, 5.41) is 11.2. The lowest BCUT2D eigenvalue weighted by Crippen LogP contribution is -2.47. The molecule has 0 saturated carbocycles. The van der Waals surface area contributed by atoms with E-state index in [1.807, 2.05) is 25.7 Å². The lowest BCUT2D eigenvalue weighted by Gasteiger charge is -2.40. The second-order valence-corrected chi connectivity index (χ2v) is 10.1. The van der Waals surface area contributed by atoms with Gasteiger partial charge in [0.1, 0.15) is 11.6 Å². The zero-order valence-electron chi connectivity index (χ0n) is 19.6. The van der Waals surface area contributed by atoms with Gasteiger partial charge in [-0.05, 0) is 55.8 Å². The van der Waals surface area contributed by atoms with Crippen LogP contribution in [-0.2, 0) is 16.8 Å². The third kappa shape index (κ3) is 4.31. The minimum atomic E-state index is -0.531. The lowest BCUT2D eigenvalue weighted by atomic mass is 9.74. The number of non-ortho nitro benzene ring substituents is 1. The number of rotatable bonds is 4. The average molecular weight is 456 g/mol. The quantitative estimate of drug-likeness (QED) is 0.495. The molecule has 0 aromatic heterocycles. The second-order valence-electron chi connectivity index (χ2n) is 10.1. The van der Waals surface area contributed by atoms with Crippen molar-refractivity contribution in [1.82, 2.24) is 4.90 Å². The summed E-state index contributed by atoms with van der Waals surface area (Å²) in [7, 11) is 1.56. The number of methoxy groups -OCH3 is 1. The SMILES string of the molecule is COc1ccc([N+](=O)[O-])cc1CN1CCC2(CC1)CN(C(=O)C(C)(C)C)c1ccc(F)cc12. The van der Waals surface area contributed by atoms with Crippen molar-refractivity contribution >= 4 is 17.3 Å². The number of ether oxygens (including phenoxy) is 1. The monoisotopic (exact) mass is 455 g/mol. The Labute approximate surface area is 193 Å². The summed E-state index contributed by atoms with van der Waals surface area (Å²) < 4.78 is 19.6. The minimum absolute atomic E-state index is 0.0378. The van der Waals surface area contributed by atoms with Crippen molar-refractivity contribution < 1.29 is 18.8 Å². The van der Waals surface area contributed by atoms with Gasteiger partial charge >= 0.3 is 0 Å². The highest BCUT2D eigenvalue weighted by Crippen LogP contribution is 2.48. The van der Waals surface area contributed by atoms with Crippen molar-refractivity contribution in [2.45, 2.75) is 45.6 Å². The summed E-state index contributed by atoms with van der Waals surface area (Å²) in [6, 6.07) is 9.37. The number of benzene rings is 2. The van der Waals surface area contributed by atoms with E-state index in [0.717, 1.165) is 42.7 Å². The first-order valence-electron chi connectivity index (χ1n) is 11.2. The van der Waals surface area contributed by atoms with E-state index >= 15 is 0 Å². The topological polar surface area (TPSA) is 75.9 Å². The molecule has 7 nitrogen and oxygen atoms in total. The molecule has 2 heterocycles. The van der Waals surface area contributed by atoms with Gasteiger partial charge in [-0.15, -0.1) is 0 Å². The van der Waals surface area contributed by atoms with Crippen LogP contribution in [0.15, 0.2) is 36.4 Å². The second kappa shape index (κ2) is 8.41. The van der Waals surface area contributed by atoms with Crippen LogP contribution in [0.2, 0.25) is 0 Å². The Kier molecular flexibility index (Phi) is 5.90. The van der Waals surface area contributed by atoms with E-state index in [0.29, 0.717) is 18.8 Å². The van der Waals surface area contributed by atoms with Crippen LogP contribution < -0.4 is 9.64 Å². The van der Waals surface area contributed by atoms with Crippen LogP contribution >= 0.6 is 0 Å². The fourth-order valence-corrected chi connectivity index (χ4v) is 5.04. The number of piperidine rings is 1. The van der Waals surface area contributed by atoms with Crippen LogP contribution in [0.25, 0.3) is 0 Å². The normalized spacial score (nSPS) is 17.8. The number of carbonyl (C=O) groups is 1. The Morgan fingerprint density at radius 2 is 1.88 bits per heavy atom. The van der Waals surface area contributed by atoms with Gasteiger partial charge in [-0.25, -0.2) is 4.39 Å². The molecule has 1 saturated heterocycles. The molecule has 2 aromatic carbocycles. The molecule has 2 aliphatic heterocycles. The number of carbonyl (C=O) groups excluding carboxylic acids is 1. The zero-order valence-corrected chi connectivity index (χ0v) is 19.6. The molecule has 2 aromatic rings. The number of fused-ring (bicyclic) bond motifs is 2. The van der Waals surface area contributed by atoms with Gasteiger partial charge in [-0.3, -0.25) is 19.8 Å². The fraction of sp³-hybridized carbons (Fsp3) is 0.480. The molecule has 1 spiro atoms. The number of nitro benzene ring substituents is 1. The van der Waals surface area contributed by atoms with E-state index in [9.17, 15) is 19.3 Å². The zero-order chi connectivity index (χ0) is 24.0. The molecule has 0 unspecified atom stereocenters. The molecule has 0 aliphatic carbocycles. The van der Waals surface area contributed by atoms with Crippen molar-refractivity contribution in [3.63, 3.8) is 0 Å². The summed E-state index contributed by atoms with van der Waals surface area (Å²) in [4.78, 5) is 28.0. The molecule has 0 N–H and O–H groups in total. The van der Waals surface area contributed by atoms with Crippen LogP contribution in [0.3, 0.4) is 0 Å². The van der Waals surface area contributed by atoms with Gasteiger partial charge in [0, 0.05) is 47.3 Å². The molecule has 1 amide bonds. The van der Waals surface area contributed by atoms with E-state index in [1.165, 1.54) is 12.1 Å². The summed E-state index contributed by atoms with van der Waals surface area (Å²) in [6.45, 7) is 8.26. The molecule has 0 radical (unpaired) electrons. The Morgan fingerprint density at radius 3 is 2.48 bits per heavy atom. The maximum Gasteiger partial charge on any atom is 0.270 e. The molecule has 8 heteroatoms. The molecule has 2 aliphatic rings. The number of hydrogen-bond acceptors (Lipinski definition) is 5. The van der Waals surface area contributed by atoms with E-state index < -0.39 is 10.3 Å². The molecule has 0 atom stereocenters. The summed E-state index contributed by atoms with van der Waals surface area (Å²) in [5.41, 5.74) is 1.71. The van der Waals surface area contributed by atoms with Crippen molar-refractivity contribution in [3.8, 4) is 5.75 Å². The van der Waals surface area contributed by atoms with Gasteiger partial charge in [0.15, 0.2) is 0 Å². The molecule has 33 heavy (non-hydrogen) atoms. The Bertz CT molecular complexity index is 1090. The minimum Gasteiger partial charge on any atom is -0.496 e. The van der Waals surface area contributed by atoms with Crippen LogP contribution in [0.5, 0.6) is 5.75 Å². The first kappa shape index (κ1) is 23.2. The molecule has 176 valence electrons. The third-order valence-electron chi connectivity index (χ3n) is 6.85.